The number of benzene rings is 2. The van der Waals surface area contributed by atoms with Gasteiger partial charge in [-0.3, -0.25) is 4.99 Å². The molecule has 24 heavy (non-hydrogen) atoms. The van der Waals surface area contributed by atoms with Gasteiger partial charge in [0.05, 0.1) is 12.8 Å². The lowest BCUT2D eigenvalue weighted by Crippen LogP contribution is -2.07. The Morgan fingerprint density at radius 3 is 2.21 bits per heavy atom. The van der Waals surface area contributed by atoms with E-state index in [-0.39, 0.29) is 5.41 Å². The van der Waals surface area contributed by atoms with Gasteiger partial charge in [0.25, 0.3) is 0 Å². The number of ether oxygens (including phenoxy) is 1. The number of rotatable bonds is 5. The van der Waals surface area contributed by atoms with Crippen LogP contribution >= 0.6 is 0 Å². The zero-order chi connectivity index (χ0) is 17.4. The molecule has 2 aromatic carbocycles. The second-order valence-electron chi connectivity index (χ2n) is 6.59. The number of hydrogen-bond acceptors (Lipinski definition) is 2. The first-order valence-electron chi connectivity index (χ1n) is 8.11. The maximum atomic E-state index is 5.16. The van der Waals surface area contributed by atoms with Crippen LogP contribution in [-0.4, -0.2) is 13.3 Å². The number of methoxy groups -OCH3 is 1. The summed E-state index contributed by atoms with van der Waals surface area (Å²) in [6.07, 6.45) is 8.23. The molecule has 2 nitrogen and oxygen atoms in total. The molecule has 0 aliphatic heterocycles. The van der Waals surface area contributed by atoms with Crippen LogP contribution in [-0.2, 0) is 0 Å². The van der Waals surface area contributed by atoms with Crippen molar-refractivity contribution in [2.75, 3.05) is 7.11 Å². The van der Waals surface area contributed by atoms with E-state index < -0.39 is 0 Å². The molecule has 0 N–H and O–H groups in total. The van der Waals surface area contributed by atoms with Crippen LogP contribution in [0.5, 0.6) is 5.75 Å². The molecule has 0 atom stereocenters. The Hall–Kier alpha value is -2.61. The molecule has 0 aliphatic carbocycles. The molecule has 0 radical (unpaired) electrons. The SMILES string of the molecule is COc1ccc(N=C/C=C(\C=C\c2ccccc2)C(C)(C)C)cc1. The first-order chi connectivity index (χ1) is 11.5. The highest BCUT2D eigenvalue weighted by molar-refractivity contribution is 5.77. The Bertz CT molecular complexity index is 717. The van der Waals surface area contributed by atoms with Crippen LogP contribution in [0.3, 0.4) is 0 Å². The van der Waals surface area contributed by atoms with Gasteiger partial charge in [0, 0.05) is 6.21 Å². The molecule has 0 fully saturated rings. The fraction of sp³-hybridized carbons (Fsp3) is 0.227. The topological polar surface area (TPSA) is 21.6 Å². The molecule has 0 amide bonds. The molecular weight excluding hydrogens is 294 g/mol. The van der Waals surface area contributed by atoms with E-state index in [0.717, 1.165) is 11.4 Å². The van der Waals surface area contributed by atoms with E-state index in [1.807, 2.05) is 48.7 Å². The third-order valence-corrected chi connectivity index (χ3v) is 3.67. The molecule has 124 valence electrons. The van der Waals surface area contributed by atoms with Gasteiger partial charge >= 0.3 is 0 Å². The highest BCUT2D eigenvalue weighted by Gasteiger charge is 2.13. The van der Waals surface area contributed by atoms with Crippen molar-refractivity contribution in [3.8, 4) is 5.75 Å². The van der Waals surface area contributed by atoms with Gasteiger partial charge in [-0.1, -0.05) is 63.3 Å². The maximum Gasteiger partial charge on any atom is 0.119 e. The van der Waals surface area contributed by atoms with Gasteiger partial charge in [0.15, 0.2) is 0 Å². The molecule has 0 spiro atoms. The Balaban J connectivity index is 2.16. The molecule has 2 aromatic rings. The van der Waals surface area contributed by atoms with Gasteiger partial charge < -0.3 is 4.74 Å². The van der Waals surface area contributed by atoms with Crippen LogP contribution in [0.2, 0.25) is 0 Å². The monoisotopic (exact) mass is 319 g/mol. The minimum absolute atomic E-state index is 0.0528. The fourth-order valence-corrected chi connectivity index (χ4v) is 2.18. The third kappa shape index (κ3) is 5.54. The average molecular weight is 319 g/mol. The molecule has 0 heterocycles. The summed E-state index contributed by atoms with van der Waals surface area (Å²) in [7, 11) is 1.66. The summed E-state index contributed by atoms with van der Waals surface area (Å²) in [5, 5.41) is 0. The maximum absolute atomic E-state index is 5.16. The zero-order valence-corrected chi connectivity index (χ0v) is 14.9. The van der Waals surface area contributed by atoms with E-state index >= 15 is 0 Å². The molecule has 0 unspecified atom stereocenters. The third-order valence-electron chi connectivity index (χ3n) is 3.67. The quantitative estimate of drug-likeness (QED) is 0.483. The Kier molecular flexibility index (Phi) is 6.14. The molecular formula is C22H25NO. The Labute approximate surface area is 145 Å². The summed E-state index contributed by atoms with van der Waals surface area (Å²) >= 11 is 0. The largest absolute Gasteiger partial charge is 0.497 e. The van der Waals surface area contributed by atoms with Crippen LogP contribution in [0.1, 0.15) is 26.3 Å². The molecule has 0 saturated heterocycles. The van der Waals surface area contributed by atoms with Crippen LogP contribution in [0.25, 0.3) is 6.08 Å². The molecule has 2 heteroatoms. The number of hydrogen-bond donors (Lipinski definition) is 0. The standard InChI is InChI=1S/C22H25NO/c1-22(2,3)19(11-10-18-8-6-5-7-9-18)16-17-23-20-12-14-21(24-4)15-13-20/h5-17H,1-4H3/b11-10+,19-16+,23-17?. The molecule has 0 bridgehead atoms. The predicted octanol–water partition coefficient (Wildman–Crippen LogP) is 6.08. The smallest absolute Gasteiger partial charge is 0.119 e. The lowest BCUT2D eigenvalue weighted by Gasteiger charge is -2.19. The fourth-order valence-electron chi connectivity index (χ4n) is 2.18. The van der Waals surface area contributed by atoms with Crippen molar-refractivity contribution in [1.29, 1.82) is 0 Å². The van der Waals surface area contributed by atoms with Gasteiger partial charge in [0.1, 0.15) is 5.75 Å². The van der Waals surface area contributed by atoms with Crippen LogP contribution in [0, 0.1) is 5.41 Å². The minimum atomic E-state index is 0.0528. The average Bonchev–Trinajstić information content (AvgIpc) is 2.58. The summed E-state index contributed by atoms with van der Waals surface area (Å²) in [6, 6.07) is 18.0. The Morgan fingerprint density at radius 1 is 0.958 bits per heavy atom. The lowest BCUT2D eigenvalue weighted by atomic mass is 9.85. The minimum Gasteiger partial charge on any atom is -0.497 e. The van der Waals surface area contributed by atoms with E-state index in [1.165, 1.54) is 11.1 Å². The predicted molar refractivity (Wildman–Crippen MR) is 104 cm³/mol. The van der Waals surface area contributed by atoms with E-state index in [9.17, 15) is 0 Å². The van der Waals surface area contributed by atoms with Crippen LogP contribution < -0.4 is 4.74 Å². The summed E-state index contributed by atoms with van der Waals surface area (Å²) in [6.45, 7) is 6.61. The highest BCUT2D eigenvalue weighted by Crippen LogP contribution is 2.26. The van der Waals surface area contributed by atoms with Crippen molar-refractivity contribution in [3.63, 3.8) is 0 Å². The summed E-state index contributed by atoms with van der Waals surface area (Å²) < 4.78 is 5.16. The van der Waals surface area contributed by atoms with Gasteiger partial charge in [0.2, 0.25) is 0 Å². The van der Waals surface area contributed by atoms with Gasteiger partial charge in [-0.25, -0.2) is 0 Å². The number of allylic oxidation sites excluding steroid dienone is 3. The molecule has 0 saturated carbocycles. The second kappa shape index (κ2) is 8.30. The van der Waals surface area contributed by atoms with Crippen molar-refractivity contribution >= 4 is 18.0 Å². The van der Waals surface area contributed by atoms with Crippen molar-refractivity contribution in [1.82, 2.24) is 0 Å². The van der Waals surface area contributed by atoms with E-state index in [4.69, 9.17) is 4.74 Å². The van der Waals surface area contributed by atoms with E-state index in [2.05, 4.69) is 56.1 Å². The molecule has 0 aliphatic rings. The van der Waals surface area contributed by atoms with Crippen LogP contribution in [0.15, 0.2) is 77.3 Å². The van der Waals surface area contributed by atoms with Crippen molar-refractivity contribution in [3.05, 3.63) is 77.9 Å². The van der Waals surface area contributed by atoms with E-state index in [1.54, 1.807) is 7.11 Å². The van der Waals surface area contributed by atoms with Gasteiger partial charge in [-0.05, 0) is 46.9 Å². The Morgan fingerprint density at radius 2 is 1.62 bits per heavy atom. The first kappa shape index (κ1) is 17.7. The summed E-state index contributed by atoms with van der Waals surface area (Å²) in [4.78, 5) is 4.50. The van der Waals surface area contributed by atoms with Crippen molar-refractivity contribution < 1.29 is 4.74 Å². The molecule has 2 rings (SSSR count). The summed E-state index contributed by atoms with van der Waals surface area (Å²) in [5.74, 6) is 0.839. The van der Waals surface area contributed by atoms with Crippen molar-refractivity contribution in [2.45, 2.75) is 20.8 Å². The van der Waals surface area contributed by atoms with Crippen LogP contribution in [0.4, 0.5) is 5.69 Å². The first-order valence-corrected chi connectivity index (χ1v) is 8.11. The normalized spacial score (nSPS) is 12.9. The van der Waals surface area contributed by atoms with Crippen molar-refractivity contribution in [2.24, 2.45) is 10.4 Å². The number of aliphatic imine (C=N–C) groups is 1. The summed E-state index contributed by atoms with van der Waals surface area (Å²) in [5.41, 5.74) is 3.38. The molecule has 0 aromatic heterocycles. The zero-order valence-electron chi connectivity index (χ0n) is 14.9. The highest BCUT2D eigenvalue weighted by atomic mass is 16.5. The number of nitrogens with zero attached hydrogens (tertiary/aromatic N) is 1. The van der Waals surface area contributed by atoms with E-state index in [0.29, 0.717) is 0 Å². The lowest BCUT2D eigenvalue weighted by molar-refractivity contribution is 0.415. The van der Waals surface area contributed by atoms with Gasteiger partial charge in [-0.15, -0.1) is 0 Å². The second-order valence-corrected chi connectivity index (χ2v) is 6.59. The van der Waals surface area contributed by atoms with Gasteiger partial charge in [-0.2, -0.15) is 0 Å².